The maximum atomic E-state index is 13.1. The molecule has 1 fully saturated rings. The van der Waals surface area contributed by atoms with Crippen LogP contribution in [-0.4, -0.2) is 30.9 Å². The van der Waals surface area contributed by atoms with Crippen LogP contribution in [0.2, 0.25) is 0 Å². The molecule has 0 aromatic heterocycles. The van der Waals surface area contributed by atoms with Crippen LogP contribution in [0.3, 0.4) is 0 Å². The fourth-order valence-electron chi connectivity index (χ4n) is 4.23. The lowest BCUT2D eigenvalue weighted by Gasteiger charge is -2.26. The van der Waals surface area contributed by atoms with Crippen molar-refractivity contribution in [2.24, 2.45) is 0 Å². The van der Waals surface area contributed by atoms with E-state index in [0.29, 0.717) is 11.6 Å². The molecule has 0 aliphatic carbocycles. The van der Waals surface area contributed by atoms with Gasteiger partial charge in [0, 0.05) is 18.8 Å². The summed E-state index contributed by atoms with van der Waals surface area (Å²) in [5.74, 6) is -0.939. The van der Waals surface area contributed by atoms with Gasteiger partial charge in [0.2, 0.25) is 0 Å². The van der Waals surface area contributed by atoms with Crippen LogP contribution in [0.25, 0.3) is 6.08 Å². The molecule has 1 saturated heterocycles. The lowest BCUT2D eigenvalue weighted by molar-refractivity contribution is -0.122. The maximum absolute atomic E-state index is 13.1. The van der Waals surface area contributed by atoms with Gasteiger partial charge in [0.05, 0.1) is 5.69 Å². The first-order valence-corrected chi connectivity index (χ1v) is 11.3. The second kappa shape index (κ2) is 8.99. The van der Waals surface area contributed by atoms with Crippen molar-refractivity contribution in [2.75, 3.05) is 22.9 Å². The van der Waals surface area contributed by atoms with Crippen LogP contribution < -0.4 is 15.1 Å². The Morgan fingerprint density at radius 2 is 1.81 bits per heavy atom. The molecule has 2 aromatic carbocycles. The maximum Gasteiger partial charge on any atom is 0.335 e. The number of carbonyl (C=O) groups is 3. The summed E-state index contributed by atoms with van der Waals surface area (Å²) in [7, 11) is 0. The van der Waals surface area contributed by atoms with Gasteiger partial charge in [-0.15, -0.1) is 0 Å². The first kappa shape index (κ1) is 21.8. The van der Waals surface area contributed by atoms with Crippen LogP contribution >= 0.6 is 0 Å². The number of urea groups is 1. The average molecular weight is 432 g/mol. The molecular formula is C26H29N3O3. The van der Waals surface area contributed by atoms with Gasteiger partial charge in [0.15, 0.2) is 0 Å². The van der Waals surface area contributed by atoms with Gasteiger partial charge < -0.3 is 4.90 Å². The largest absolute Gasteiger partial charge is 0.371 e. The van der Waals surface area contributed by atoms with Crippen molar-refractivity contribution in [1.82, 2.24) is 5.32 Å². The van der Waals surface area contributed by atoms with E-state index < -0.39 is 17.8 Å². The average Bonchev–Trinajstić information content (AvgIpc) is 3.17. The molecule has 2 aliphatic heterocycles. The van der Waals surface area contributed by atoms with Crippen molar-refractivity contribution in [3.05, 3.63) is 64.7 Å². The molecule has 4 rings (SSSR count). The van der Waals surface area contributed by atoms with Gasteiger partial charge in [-0.25, -0.2) is 9.69 Å². The van der Waals surface area contributed by atoms with E-state index in [1.165, 1.54) is 11.3 Å². The molecule has 1 N–H and O–H groups in total. The van der Waals surface area contributed by atoms with Crippen LogP contribution in [0.5, 0.6) is 0 Å². The van der Waals surface area contributed by atoms with E-state index in [2.05, 4.69) is 37.1 Å². The van der Waals surface area contributed by atoms with Gasteiger partial charge in [-0.2, -0.15) is 0 Å². The van der Waals surface area contributed by atoms with E-state index in [1.54, 1.807) is 18.2 Å². The first-order valence-electron chi connectivity index (χ1n) is 11.3. The van der Waals surface area contributed by atoms with Crippen molar-refractivity contribution in [3.8, 4) is 0 Å². The number of hydrogen-bond acceptors (Lipinski definition) is 4. The number of unbranched alkanes of at least 4 members (excludes halogenated alkanes) is 1. The summed E-state index contributed by atoms with van der Waals surface area (Å²) < 4.78 is 0. The number of carbonyl (C=O) groups excluding carboxylic acids is 3. The number of nitrogens with zero attached hydrogens (tertiary/aromatic N) is 2. The first-order chi connectivity index (χ1) is 15.4. The number of nitrogens with one attached hydrogen (secondary N) is 1. The molecule has 6 heteroatoms. The summed E-state index contributed by atoms with van der Waals surface area (Å²) in [5.41, 5.74) is 4.73. The number of imide groups is 2. The van der Waals surface area contributed by atoms with Crippen molar-refractivity contribution < 1.29 is 14.4 Å². The predicted molar refractivity (Wildman–Crippen MR) is 127 cm³/mol. The van der Waals surface area contributed by atoms with Crippen molar-refractivity contribution in [3.63, 3.8) is 0 Å². The zero-order valence-electron chi connectivity index (χ0n) is 18.9. The quantitative estimate of drug-likeness (QED) is 0.534. The topological polar surface area (TPSA) is 69.7 Å². The molecule has 166 valence electrons. The highest BCUT2D eigenvalue weighted by Crippen LogP contribution is 2.30. The summed E-state index contributed by atoms with van der Waals surface area (Å²) in [5, 5.41) is 2.30. The van der Waals surface area contributed by atoms with Gasteiger partial charge >= 0.3 is 6.03 Å². The minimum absolute atomic E-state index is 0.0432. The van der Waals surface area contributed by atoms with Crippen LogP contribution in [0, 0.1) is 0 Å². The smallest absolute Gasteiger partial charge is 0.335 e. The highest BCUT2D eigenvalue weighted by molar-refractivity contribution is 6.39. The summed E-state index contributed by atoms with van der Waals surface area (Å²) in [6, 6.07) is 12.6. The van der Waals surface area contributed by atoms with Crippen LogP contribution in [-0.2, 0) is 16.0 Å². The number of fused-ring (bicyclic) bond motifs is 1. The molecule has 0 radical (unpaired) electrons. The Morgan fingerprint density at radius 1 is 1.06 bits per heavy atom. The van der Waals surface area contributed by atoms with E-state index in [-0.39, 0.29) is 5.57 Å². The lowest BCUT2D eigenvalue weighted by atomic mass is 10.0. The standard InChI is InChI=1S/C26H29N3O3/c1-4-5-13-28-14-12-20-15-18(6-11-23(20)28)16-22-24(30)27-26(32)29(25(22)31)21-9-7-19(8-10-21)17(2)3/h6-11,15-17H,4-5,12-14H2,1-3H3,(H,27,30,32). The minimum Gasteiger partial charge on any atom is -0.371 e. The van der Waals surface area contributed by atoms with E-state index in [4.69, 9.17) is 0 Å². The molecule has 6 nitrogen and oxygen atoms in total. The van der Waals surface area contributed by atoms with Gasteiger partial charge in [-0.1, -0.05) is 45.4 Å². The number of anilines is 2. The van der Waals surface area contributed by atoms with E-state index in [0.717, 1.165) is 48.4 Å². The normalized spacial score (nSPS) is 17.4. The van der Waals surface area contributed by atoms with Crippen LogP contribution in [0.4, 0.5) is 16.2 Å². The Labute approximate surface area is 188 Å². The Bertz CT molecular complexity index is 1090. The summed E-state index contributed by atoms with van der Waals surface area (Å²) in [6.07, 6.45) is 4.84. The molecule has 0 bridgehead atoms. The third kappa shape index (κ3) is 4.17. The highest BCUT2D eigenvalue weighted by atomic mass is 16.2. The van der Waals surface area contributed by atoms with E-state index in [9.17, 15) is 14.4 Å². The summed E-state index contributed by atoms with van der Waals surface area (Å²) >= 11 is 0. The third-order valence-electron chi connectivity index (χ3n) is 6.11. The summed E-state index contributed by atoms with van der Waals surface area (Å²) in [6.45, 7) is 8.37. The Balaban J connectivity index is 1.61. The van der Waals surface area contributed by atoms with E-state index >= 15 is 0 Å². The molecule has 4 amide bonds. The van der Waals surface area contributed by atoms with Crippen molar-refractivity contribution in [2.45, 2.75) is 46.0 Å². The number of benzene rings is 2. The zero-order valence-corrected chi connectivity index (χ0v) is 18.9. The minimum atomic E-state index is -0.727. The predicted octanol–water partition coefficient (Wildman–Crippen LogP) is 4.64. The molecule has 0 spiro atoms. The Morgan fingerprint density at radius 3 is 2.50 bits per heavy atom. The van der Waals surface area contributed by atoms with Gasteiger partial charge in [0.1, 0.15) is 5.57 Å². The third-order valence-corrected chi connectivity index (χ3v) is 6.11. The second-order valence-corrected chi connectivity index (χ2v) is 8.68. The van der Waals surface area contributed by atoms with Crippen LogP contribution in [0.1, 0.15) is 56.2 Å². The van der Waals surface area contributed by atoms with Crippen LogP contribution in [0.15, 0.2) is 48.0 Å². The van der Waals surface area contributed by atoms with E-state index in [1.807, 2.05) is 24.3 Å². The highest BCUT2D eigenvalue weighted by Gasteiger charge is 2.36. The summed E-state index contributed by atoms with van der Waals surface area (Å²) in [4.78, 5) is 41.5. The van der Waals surface area contributed by atoms with Crippen molar-refractivity contribution >= 4 is 35.3 Å². The molecule has 2 heterocycles. The second-order valence-electron chi connectivity index (χ2n) is 8.68. The lowest BCUT2D eigenvalue weighted by Crippen LogP contribution is -2.54. The molecule has 0 saturated carbocycles. The molecule has 0 unspecified atom stereocenters. The number of rotatable bonds is 6. The monoisotopic (exact) mass is 431 g/mol. The zero-order chi connectivity index (χ0) is 22.8. The molecule has 32 heavy (non-hydrogen) atoms. The van der Waals surface area contributed by atoms with Gasteiger partial charge in [0.25, 0.3) is 11.8 Å². The molecule has 0 atom stereocenters. The van der Waals surface area contributed by atoms with Gasteiger partial charge in [-0.05, 0) is 65.8 Å². The number of amides is 4. The molecular weight excluding hydrogens is 402 g/mol. The van der Waals surface area contributed by atoms with Crippen molar-refractivity contribution in [1.29, 1.82) is 0 Å². The number of barbiturate groups is 1. The molecule has 2 aromatic rings. The fraction of sp³-hybridized carbons (Fsp3) is 0.346. The fourth-order valence-corrected chi connectivity index (χ4v) is 4.23. The molecule has 2 aliphatic rings. The number of hydrogen-bond donors (Lipinski definition) is 1. The Kier molecular flexibility index (Phi) is 6.12. The van der Waals surface area contributed by atoms with Gasteiger partial charge in [-0.3, -0.25) is 14.9 Å². The Hall–Kier alpha value is -3.41. The SMILES string of the molecule is CCCCN1CCc2cc(C=C3C(=O)NC(=O)N(c4ccc(C(C)C)cc4)C3=O)ccc21.